The van der Waals surface area contributed by atoms with Gasteiger partial charge in [0.05, 0.1) is 0 Å². The fraction of sp³-hybridized carbons (Fsp3) is 0. The second-order valence-corrected chi connectivity index (χ2v) is 3.47. The van der Waals surface area contributed by atoms with E-state index in [4.69, 9.17) is 11.1 Å². The summed E-state index contributed by atoms with van der Waals surface area (Å²) in [5.41, 5.74) is 19.8. The minimum atomic E-state index is 0. The van der Waals surface area contributed by atoms with Crippen molar-refractivity contribution in [3.8, 4) is 11.1 Å². The predicted molar refractivity (Wildman–Crippen MR) is 76.7 cm³/mol. The van der Waals surface area contributed by atoms with Gasteiger partial charge in [0.1, 0.15) is 0 Å². The van der Waals surface area contributed by atoms with E-state index < -0.39 is 0 Å². The van der Waals surface area contributed by atoms with Crippen LogP contribution in [0.15, 0.2) is 58.8 Å². The molecule has 6 nitrogen and oxygen atoms in total. The summed E-state index contributed by atoms with van der Waals surface area (Å²) in [7, 11) is 0. The molecule has 0 spiro atoms. The highest BCUT2D eigenvalue weighted by atomic mass is 35.5. The fourth-order valence-corrected chi connectivity index (χ4v) is 1.54. The van der Waals surface area contributed by atoms with Crippen LogP contribution in [0.4, 0.5) is 11.4 Å². The average Bonchev–Trinajstić information content (AvgIpc) is 2.41. The third-order valence-corrected chi connectivity index (χ3v) is 2.39. The van der Waals surface area contributed by atoms with E-state index in [2.05, 4.69) is 20.1 Å². The zero-order valence-corrected chi connectivity index (χ0v) is 10.5. The van der Waals surface area contributed by atoms with Gasteiger partial charge in [0, 0.05) is 21.2 Å². The molecule has 0 unspecified atom stereocenters. The lowest BCUT2D eigenvalue weighted by molar-refractivity contribution is 1.46. The largest absolute Gasteiger partial charge is 0.147 e. The summed E-state index contributed by atoms with van der Waals surface area (Å²) in [6.45, 7) is 0. The van der Waals surface area contributed by atoms with E-state index in [0.29, 0.717) is 11.4 Å². The Balaban J connectivity index is 0.00000180. The van der Waals surface area contributed by atoms with E-state index in [1.54, 1.807) is 24.3 Å². The molecule has 0 aliphatic heterocycles. The quantitative estimate of drug-likeness (QED) is 0.391. The first-order valence-electron chi connectivity index (χ1n) is 5.14. The summed E-state index contributed by atoms with van der Waals surface area (Å²) in [6, 6.07) is 14.5. The molecule has 0 N–H and O–H groups in total. The molecule has 0 saturated carbocycles. The molecule has 2 rings (SSSR count). The van der Waals surface area contributed by atoms with Gasteiger partial charge in [0.15, 0.2) is 0 Å². The molecule has 0 heterocycles. The molecule has 0 radical (unpaired) electrons. The number of azide groups is 2. The molecule has 0 aliphatic carbocycles. The lowest BCUT2D eigenvalue weighted by Gasteiger charge is -2.02. The Bertz CT molecular complexity index is 577. The standard InChI is InChI=1S/C12H8N6.ClH/c13-17-15-11-5-1-9(2-6-11)10-3-7-12(8-4-10)16-18-14;/h1-8H;1H. The van der Waals surface area contributed by atoms with Crippen LogP contribution in [0, 0.1) is 0 Å². The lowest BCUT2D eigenvalue weighted by Crippen LogP contribution is -1.75. The van der Waals surface area contributed by atoms with Gasteiger partial charge in [-0.05, 0) is 22.2 Å². The van der Waals surface area contributed by atoms with Gasteiger partial charge >= 0.3 is 0 Å². The van der Waals surface area contributed by atoms with Gasteiger partial charge in [-0.3, -0.25) is 0 Å². The second kappa shape index (κ2) is 6.93. The van der Waals surface area contributed by atoms with Crippen molar-refractivity contribution in [3.05, 3.63) is 69.4 Å². The zero-order valence-electron chi connectivity index (χ0n) is 9.71. The molecule has 19 heavy (non-hydrogen) atoms. The van der Waals surface area contributed by atoms with Crippen LogP contribution >= 0.6 is 12.4 Å². The van der Waals surface area contributed by atoms with E-state index in [-0.39, 0.29) is 12.4 Å². The van der Waals surface area contributed by atoms with E-state index in [9.17, 15) is 0 Å². The van der Waals surface area contributed by atoms with Crippen molar-refractivity contribution in [2.45, 2.75) is 0 Å². The Morgan fingerprint density at radius 1 is 0.632 bits per heavy atom. The van der Waals surface area contributed by atoms with E-state index in [1.165, 1.54) is 0 Å². The Kier molecular flexibility index (Phi) is 5.26. The number of hydrogen-bond acceptors (Lipinski definition) is 2. The molecule has 2 aromatic carbocycles. The van der Waals surface area contributed by atoms with Crippen molar-refractivity contribution >= 4 is 23.8 Å². The summed E-state index contributed by atoms with van der Waals surface area (Å²) in [4.78, 5) is 5.44. The van der Waals surface area contributed by atoms with Gasteiger partial charge in [-0.1, -0.05) is 58.8 Å². The van der Waals surface area contributed by atoms with Crippen LogP contribution in [0.2, 0.25) is 0 Å². The van der Waals surface area contributed by atoms with Crippen LogP contribution in [0.25, 0.3) is 32.0 Å². The average molecular weight is 273 g/mol. The van der Waals surface area contributed by atoms with Crippen LogP contribution < -0.4 is 0 Å². The molecule has 2 aromatic rings. The minimum absolute atomic E-state index is 0. The molecular formula is C12H9ClN6. The first kappa shape index (κ1) is 14.4. The van der Waals surface area contributed by atoms with Gasteiger partial charge in [-0.2, -0.15) is 0 Å². The zero-order chi connectivity index (χ0) is 12.8. The van der Waals surface area contributed by atoms with Crippen molar-refractivity contribution in [2.75, 3.05) is 0 Å². The van der Waals surface area contributed by atoms with Gasteiger partial charge < -0.3 is 0 Å². The maximum absolute atomic E-state index is 8.31. The second-order valence-electron chi connectivity index (χ2n) is 3.47. The maximum Gasteiger partial charge on any atom is 0.0375 e. The molecule has 94 valence electrons. The number of hydrogen-bond donors (Lipinski definition) is 0. The molecule has 0 bridgehead atoms. The van der Waals surface area contributed by atoms with Crippen LogP contribution in [-0.4, -0.2) is 0 Å². The predicted octanol–water partition coefficient (Wildman–Crippen LogP) is 5.66. The first-order valence-corrected chi connectivity index (χ1v) is 5.14. The maximum atomic E-state index is 8.31. The molecule has 7 heteroatoms. The summed E-state index contributed by atoms with van der Waals surface area (Å²) in [5.74, 6) is 0. The Morgan fingerprint density at radius 3 is 1.21 bits per heavy atom. The summed E-state index contributed by atoms with van der Waals surface area (Å²) < 4.78 is 0. The van der Waals surface area contributed by atoms with Gasteiger partial charge in [-0.25, -0.2) is 0 Å². The summed E-state index contributed by atoms with van der Waals surface area (Å²) in [6.07, 6.45) is 0. The molecule has 0 amide bonds. The Morgan fingerprint density at radius 2 is 0.947 bits per heavy atom. The fourth-order valence-electron chi connectivity index (χ4n) is 1.54. The molecule has 0 saturated heterocycles. The van der Waals surface area contributed by atoms with Gasteiger partial charge in [0.25, 0.3) is 0 Å². The molecule has 0 atom stereocenters. The molecule has 0 aromatic heterocycles. The lowest BCUT2D eigenvalue weighted by atomic mass is 10.1. The normalized spacial score (nSPS) is 8.63. The van der Waals surface area contributed by atoms with Crippen molar-refractivity contribution < 1.29 is 0 Å². The van der Waals surface area contributed by atoms with Crippen LogP contribution in [0.1, 0.15) is 0 Å². The van der Waals surface area contributed by atoms with Crippen LogP contribution in [0.5, 0.6) is 0 Å². The first-order chi connectivity index (χ1) is 8.83. The van der Waals surface area contributed by atoms with E-state index in [1.807, 2.05) is 24.3 Å². The third-order valence-electron chi connectivity index (χ3n) is 2.39. The van der Waals surface area contributed by atoms with Crippen LogP contribution in [-0.2, 0) is 0 Å². The minimum Gasteiger partial charge on any atom is -0.147 e. The van der Waals surface area contributed by atoms with Crippen LogP contribution in [0.3, 0.4) is 0 Å². The summed E-state index contributed by atoms with van der Waals surface area (Å²) >= 11 is 0. The SMILES string of the molecule is Cl.[N-]=[N+]=Nc1ccc(-c2ccc(N=[N+]=[N-])cc2)cc1. The molecular weight excluding hydrogens is 264 g/mol. The highest BCUT2D eigenvalue weighted by Gasteiger charge is 1.97. The van der Waals surface area contributed by atoms with E-state index in [0.717, 1.165) is 11.1 Å². The number of nitrogens with zero attached hydrogens (tertiary/aromatic N) is 6. The molecule has 0 fully saturated rings. The van der Waals surface area contributed by atoms with Gasteiger partial charge in [-0.15, -0.1) is 12.4 Å². The van der Waals surface area contributed by atoms with Crippen molar-refractivity contribution in [1.82, 2.24) is 0 Å². The number of rotatable bonds is 3. The summed E-state index contributed by atoms with van der Waals surface area (Å²) in [5, 5.41) is 7.01. The monoisotopic (exact) mass is 272 g/mol. The van der Waals surface area contributed by atoms with Crippen molar-refractivity contribution in [3.63, 3.8) is 0 Å². The van der Waals surface area contributed by atoms with E-state index >= 15 is 0 Å². The Hall–Kier alpha value is -2.65. The highest BCUT2D eigenvalue weighted by molar-refractivity contribution is 5.85. The number of benzene rings is 2. The van der Waals surface area contributed by atoms with Crippen molar-refractivity contribution in [2.24, 2.45) is 10.2 Å². The number of halogens is 1. The molecule has 0 aliphatic rings. The smallest absolute Gasteiger partial charge is 0.0375 e. The topological polar surface area (TPSA) is 97.5 Å². The van der Waals surface area contributed by atoms with Gasteiger partial charge in [0.2, 0.25) is 0 Å². The Labute approximate surface area is 115 Å². The third kappa shape index (κ3) is 3.66. The highest BCUT2D eigenvalue weighted by Crippen LogP contribution is 2.24. The van der Waals surface area contributed by atoms with Crippen molar-refractivity contribution in [1.29, 1.82) is 0 Å².